The van der Waals surface area contributed by atoms with Crippen LogP contribution in [0.1, 0.15) is 25.7 Å². The summed E-state index contributed by atoms with van der Waals surface area (Å²) in [5, 5.41) is 3.28. The molecule has 1 saturated carbocycles. The van der Waals surface area contributed by atoms with Gasteiger partial charge in [-0.1, -0.05) is 19.3 Å². The first-order valence-corrected chi connectivity index (χ1v) is 6.14. The molecule has 0 atom stereocenters. The van der Waals surface area contributed by atoms with Gasteiger partial charge in [-0.05, 0) is 12.3 Å². The molecule has 1 aliphatic rings. The van der Waals surface area contributed by atoms with E-state index < -0.39 is 0 Å². The van der Waals surface area contributed by atoms with Gasteiger partial charge in [0.05, 0.1) is 6.61 Å². The van der Waals surface area contributed by atoms with Crippen LogP contribution >= 0.6 is 0 Å². The molecule has 1 aromatic heterocycles. The number of hydrogen-bond donors (Lipinski definition) is 1. The molecule has 1 fully saturated rings. The molecule has 4 heteroatoms. The maximum atomic E-state index is 5.01. The fourth-order valence-electron chi connectivity index (χ4n) is 2.02. The molecule has 0 amide bonds. The normalized spacial score (nSPS) is 16.1. The van der Waals surface area contributed by atoms with Crippen LogP contribution in [0.5, 0.6) is 0 Å². The number of nitrogens with zero attached hydrogens (tertiary/aromatic N) is 2. The Morgan fingerprint density at radius 3 is 3.12 bits per heavy atom. The fraction of sp³-hybridized carbons (Fsp3) is 0.750. The lowest BCUT2D eigenvalue weighted by Gasteiger charge is -2.25. The smallest absolute Gasteiger partial charge is 0.202 e. The van der Waals surface area contributed by atoms with E-state index in [2.05, 4.69) is 14.9 Å². The van der Waals surface area contributed by atoms with Crippen LogP contribution in [0, 0.1) is 5.92 Å². The van der Waals surface area contributed by atoms with E-state index in [4.69, 9.17) is 4.74 Å². The largest absolute Gasteiger partial charge is 0.383 e. The maximum Gasteiger partial charge on any atom is 0.202 e. The average Bonchev–Trinajstić information content (AvgIpc) is 2.64. The zero-order valence-corrected chi connectivity index (χ0v) is 9.98. The van der Waals surface area contributed by atoms with Crippen LogP contribution in [-0.2, 0) is 11.3 Å². The third-order valence-electron chi connectivity index (χ3n) is 3.31. The maximum absolute atomic E-state index is 5.01. The number of ether oxygens (including phenoxy) is 1. The third-order valence-corrected chi connectivity index (χ3v) is 3.31. The summed E-state index contributed by atoms with van der Waals surface area (Å²) in [6.45, 7) is 2.62. The van der Waals surface area contributed by atoms with E-state index in [0.29, 0.717) is 0 Å². The number of imidazole rings is 1. The molecule has 1 aliphatic carbocycles. The van der Waals surface area contributed by atoms with Crippen molar-refractivity contribution in [3.8, 4) is 0 Å². The lowest BCUT2D eigenvalue weighted by Crippen LogP contribution is -2.16. The van der Waals surface area contributed by atoms with Crippen LogP contribution in [0.4, 0.5) is 5.95 Å². The summed E-state index contributed by atoms with van der Waals surface area (Å²) in [5.41, 5.74) is 0. The number of nitrogens with one attached hydrogen (secondary N) is 1. The minimum atomic E-state index is 0.718. The Hall–Kier alpha value is -1.03. The quantitative estimate of drug-likeness (QED) is 0.720. The molecule has 16 heavy (non-hydrogen) atoms. The SMILES string of the molecule is COCCNc1nccn1CCC1CCC1. The highest BCUT2D eigenvalue weighted by atomic mass is 16.5. The molecule has 0 aliphatic heterocycles. The molecule has 4 nitrogen and oxygen atoms in total. The van der Waals surface area contributed by atoms with Crippen molar-refractivity contribution < 1.29 is 4.74 Å². The highest BCUT2D eigenvalue weighted by Gasteiger charge is 2.17. The van der Waals surface area contributed by atoms with Crippen LogP contribution in [0.2, 0.25) is 0 Å². The van der Waals surface area contributed by atoms with Gasteiger partial charge in [-0.2, -0.15) is 0 Å². The Balaban J connectivity index is 1.76. The Kier molecular flexibility index (Phi) is 4.22. The Morgan fingerprint density at radius 1 is 1.56 bits per heavy atom. The fourth-order valence-corrected chi connectivity index (χ4v) is 2.02. The van der Waals surface area contributed by atoms with E-state index in [-0.39, 0.29) is 0 Å². The summed E-state index contributed by atoms with van der Waals surface area (Å²) >= 11 is 0. The second-order valence-electron chi connectivity index (χ2n) is 4.45. The zero-order chi connectivity index (χ0) is 11.2. The molecule has 0 saturated heterocycles. The van der Waals surface area contributed by atoms with Gasteiger partial charge in [0.2, 0.25) is 5.95 Å². The first-order valence-electron chi connectivity index (χ1n) is 6.14. The number of aryl methyl sites for hydroxylation is 1. The van der Waals surface area contributed by atoms with Gasteiger partial charge in [0.1, 0.15) is 0 Å². The topological polar surface area (TPSA) is 39.1 Å². The minimum Gasteiger partial charge on any atom is -0.383 e. The molecule has 0 bridgehead atoms. The summed E-state index contributed by atoms with van der Waals surface area (Å²) in [6.07, 6.45) is 9.45. The van der Waals surface area contributed by atoms with Crippen molar-refractivity contribution in [3.05, 3.63) is 12.4 Å². The number of anilines is 1. The molecule has 1 heterocycles. The molecular formula is C12H21N3O. The summed E-state index contributed by atoms with van der Waals surface area (Å²) in [7, 11) is 1.71. The lowest BCUT2D eigenvalue weighted by molar-refractivity contribution is 0.210. The summed E-state index contributed by atoms with van der Waals surface area (Å²) in [5.74, 6) is 1.92. The van der Waals surface area contributed by atoms with E-state index in [9.17, 15) is 0 Å². The molecule has 1 aromatic rings. The van der Waals surface area contributed by atoms with Gasteiger partial charge in [-0.25, -0.2) is 4.98 Å². The third kappa shape index (κ3) is 2.98. The highest BCUT2D eigenvalue weighted by Crippen LogP contribution is 2.29. The van der Waals surface area contributed by atoms with Crippen LogP contribution in [-0.4, -0.2) is 29.8 Å². The van der Waals surface area contributed by atoms with Crippen molar-refractivity contribution in [3.63, 3.8) is 0 Å². The molecule has 1 N–H and O–H groups in total. The zero-order valence-electron chi connectivity index (χ0n) is 9.98. The van der Waals surface area contributed by atoms with Crippen molar-refractivity contribution >= 4 is 5.95 Å². The van der Waals surface area contributed by atoms with Crippen LogP contribution in [0.3, 0.4) is 0 Å². The summed E-state index contributed by atoms with van der Waals surface area (Å²) in [4.78, 5) is 4.31. The standard InChI is InChI=1S/C12H21N3O/c1-16-10-7-14-12-13-6-9-15(12)8-5-11-3-2-4-11/h6,9,11H,2-5,7-8,10H2,1H3,(H,13,14). The van der Waals surface area contributed by atoms with Crippen LogP contribution in [0.25, 0.3) is 0 Å². The van der Waals surface area contributed by atoms with Gasteiger partial charge in [-0.15, -0.1) is 0 Å². The lowest BCUT2D eigenvalue weighted by atomic mass is 9.83. The highest BCUT2D eigenvalue weighted by molar-refractivity contribution is 5.25. The summed E-state index contributed by atoms with van der Waals surface area (Å²) in [6, 6.07) is 0. The van der Waals surface area contributed by atoms with Gasteiger partial charge in [0.15, 0.2) is 0 Å². The van der Waals surface area contributed by atoms with Crippen LogP contribution in [0.15, 0.2) is 12.4 Å². The van der Waals surface area contributed by atoms with Crippen molar-refractivity contribution in [2.45, 2.75) is 32.2 Å². The predicted molar refractivity (Wildman–Crippen MR) is 64.6 cm³/mol. The first-order chi connectivity index (χ1) is 7.90. The molecule has 0 spiro atoms. The number of aromatic nitrogens is 2. The van der Waals surface area contributed by atoms with Gasteiger partial charge >= 0.3 is 0 Å². The van der Waals surface area contributed by atoms with Gasteiger partial charge in [0.25, 0.3) is 0 Å². The van der Waals surface area contributed by atoms with E-state index in [0.717, 1.165) is 31.6 Å². The van der Waals surface area contributed by atoms with Gasteiger partial charge in [0, 0.05) is 32.6 Å². The Morgan fingerprint density at radius 2 is 2.44 bits per heavy atom. The first kappa shape index (κ1) is 11.5. The molecule has 90 valence electrons. The van der Waals surface area contributed by atoms with Gasteiger partial charge < -0.3 is 14.6 Å². The van der Waals surface area contributed by atoms with E-state index in [1.165, 1.54) is 25.7 Å². The molecule has 0 unspecified atom stereocenters. The second kappa shape index (κ2) is 5.89. The molecule has 0 aromatic carbocycles. The molecule has 0 radical (unpaired) electrons. The van der Waals surface area contributed by atoms with E-state index in [1.54, 1.807) is 7.11 Å². The molecule has 2 rings (SSSR count). The van der Waals surface area contributed by atoms with E-state index >= 15 is 0 Å². The monoisotopic (exact) mass is 223 g/mol. The van der Waals surface area contributed by atoms with Crippen LogP contribution < -0.4 is 5.32 Å². The second-order valence-corrected chi connectivity index (χ2v) is 4.45. The van der Waals surface area contributed by atoms with Crippen molar-refractivity contribution in [2.75, 3.05) is 25.6 Å². The molecular weight excluding hydrogens is 202 g/mol. The van der Waals surface area contributed by atoms with Crippen molar-refractivity contribution in [1.82, 2.24) is 9.55 Å². The van der Waals surface area contributed by atoms with Gasteiger partial charge in [-0.3, -0.25) is 0 Å². The Labute approximate surface area is 97.0 Å². The van der Waals surface area contributed by atoms with E-state index in [1.807, 2.05) is 12.4 Å². The summed E-state index contributed by atoms with van der Waals surface area (Å²) < 4.78 is 7.21. The van der Waals surface area contributed by atoms with Crippen molar-refractivity contribution in [2.24, 2.45) is 5.92 Å². The number of rotatable bonds is 7. The number of methoxy groups -OCH3 is 1. The number of hydrogen-bond acceptors (Lipinski definition) is 3. The van der Waals surface area contributed by atoms with Crippen molar-refractivity contribution in [1.29, 1.82) is 0 Å². The predicted octanol–water partition coefficient (Wildman–Crippen LogP) is 2.13. The average molecular weight is 223 g/mol. The minimum absolute atomic E-state index is 0.718. The Bertz CT molecular complexity index is 307.